The fourth-order valence-electron chi connectivity index (χ4n) is 1.63. The van der Waals surface area contributed by atoms with Crippen molar-refractivity contribution < 1.29 is 14.3 Å². The fourth-order valence-corrected chi connectivity index (χ4v) is 1.63. The maximum Gasteiger partial charge on any atom is 0.256 e. The standard InChI is InChI=1S/C16H25NO3/c1-5-7-12-20-14-10-8-13(9-11-14)17-15(18)16(3,6-2)19-4/h8-11H,5-7,12H2,1-4H3,(H,17,18)/t16-/m0/s1. The van der Waals surface area contributed by atoms with Gasteiger partial charge in [0, 0.05) is 12.8 Å². The largest absolute Gasteiger partial charge is 0.494 e. The Morgan fingerprint density at radius 1 is 1.25 bits per heavy atom. The molecule has 0 saturated carbocycles. The summed E-state index contributed by atoms with van der Waals surface area (Å²) in [7, 11) is 1.55. The molecule has 1 amide bonds. The number of carbonyl (C=O) groups excluding carboxylic acids is 1. The van der Waals surface area contributed by atoms with Crippen LogP contribution in [0.15, 0.2) is 24.3 Å². The fraction of sp³-hybridized carbons (Fsp3) is 0.562. The second kappa shape index (κ2) is 7.90. The highest BCUT2D eigenvalue weighted by Crippen LogP contribution is 2.20. The van der Waals surface area contributed by atoms with Crippen molar-refractivity contribution in [3.63, 3.8) is 0 Å². The number of hydrogen-bond donors (Lipinski definition) is 1. The number of methoxy groups -OCH3 is 1. The topological polar surface area (TPSA) is 47.6 Å². The van der Waals surface area contributed by atoms with Gasteiger partial charge < -0.3 is 14.8 Å². The number of rotatable bonds is 8. The van der Waals surface area contributed by atoms with Crippen molar-refractivity contribution in [2.75, 3.05) is 19.0 Å². The molecule has 0 bridgehead atoms. The highest BCUT2D eigenvalue weighted by Gasteiger charge is 2.30. The molecule has 1 aromatic carbocycles. The molecule has 0 fully saturated rings. The minimum Gasteiger partial charge on any atom is -0.494 e. The quantitative estimate of drug-likeness (QED) is 0.739. The van der Waals surface area contributed by atoms with Crippen LogP contribution in [0.2, 0.25) is 0 Å². The summed E-state index contributed by atoms with van der Waals surface area (Å²) in [6.45, 7) is 6.56. The third kappa shape index (κ3) is 4.53. The second-order valence-electron chi connectivity index (χ2n) is 4.97. The molecule has 1 N–H and O–H groups in total. The zero-order valence-corrected chi connectivity index (χ0v) is 12.9. The molecule has 0 aromatic heterocycles. The molecule has 0 saturated heterocycles. The average molecular weight is 279 g/mol. The number of benzene rings is 1. The first-order valence-electron chi connectivity index (χ1n) is 7.15. The summed E-state index contributed by atoms with van der Waals surface area (Å²) in [5.41, 5.74) is -0.0504. The van der Waals surface area contributed by atoms with E-state index in [-0.39, 0.29) is 5.91 Å². The Kier molecular flexibility index (Phi) is 6.52. The number of anilines is 1. The summed E-state index contributed by atoms with van der Waals surface area (Å²) >= 11 is 0. The van der Waals surface area contributed by atoms with Gasteiger partial charge in [0.25, 0.3) is 5.91 Å². The van der Waals surface area contributed by atoms with Crippen LogP contribution < -0.4 is 10.1 Å². The SMILES string of the molecule is CCCCOc1ccc(NC(=O)[C@](C)(CC)OC)cc1. The lowest BCUT2D eigenvalue weighted by atomic mass is 10.0. The predicted molar refractivity (Wildman–Crippen MR) is 81.2 cm³/mol. The first-order valence-corrected chi connectivity index (χ1v) is 7.15. The molecule has 1 rings (SSSR count). The number of nitrogens with one attached hydrogen (secondary N) is 1. The Morgan fingerprint density at radius 2 is 1.90 bits per heavy atom. The van der Waals surface area contributed by atoms with E-state index < -0.39 is 5.60 Å². The van der Waals surface area contributed by atoms with Gasteiger partial charge in [-0.1, -0.05) is 20.3 Å². The van der Waals surface area contributed by atoms with Crippen LogP contribution >= 0.6 is 0 Å². The zero-order valence-electron chi connectivity index (χ0n) is 12.9. The summed E-state index contributed by atoms with van der Waals surface area (Å²) in [5, 5.41) is 2.86. The minimum atomic E-state index is -0.795. The number of unbranched alkanes of at least 4 members (excludes halogenated alkanes) is 1. The maximum absolute atomic E-state index is 12.1. The van der Waals surface area contributed by atoms with Gasteiger partial charge in [0.15, 0.2) is 0 Å². The lowest BCUT2D eigenvalue weighted by molar-refractivity contribution is -0.136. The average Bonchev–Trinajstić information content (AvgIpc) is 2.48. The van der Waals surface area contributed by atoms with Crippen molar-refractivity contribution in [1.82, 2.24) is 0 Å². The number of hydrogen-bond acceptors (Lipinski definition) is 3. The van der Waals surface area contributed by atoms with E-state index in [4.69, 9.17) is 9.47 Å². The van der Waals surface area contributed by atoms with Gasteiger partial charge in [0.2, 0.25) is 0 Å². The molecule has 0 aliphatic rings. The van der Waals surface area contributed by atoms with E-state index >= 15 is 0 Å². The minimum absolute atomic E-state index is 0.137. The molecule has 0 spiro atoms. The Balaban J connectivity index is 2.59. The summed E-state index contributed by atoms with van der Waals surface area (Å²) < 4.78 is 10.9. The van der Waals surface area contributed by atoms with Crippen LogP contribution in [0, 0.1) is 0 Å². The van der Waals surface area contributed by atoms with Crippen molar-refractivity contribution in [2.24, 2.45) is 0 Å². The lowest BCUT2D eigenvalue weighted by Gasteiger charge is -2.25. The zero-order chi connectivity index (χ0) is 15.0. The highest BCUT2D eigenvalue weighted by atomic mass is 16.5. The van der Waals surface area contributed by atoms with Gasteiger partial charge in [-0.2, -0.15) is 0 Å². The molecular weight excluding hydrogens is 254 g/mol. The predicted octanol–water partition coefficient (Wildman–Crippen LogP) is 3.62. The van der Waals surface area contributed by atoms with Crippen LogP contribution in [0.25, 0.3) is 0 Å². The smallest absolute Gasteiger partial charge is 0.256 e. The highest BCUT2D eigenvalue weighted by molar-refractivity contribution is 5.97. The van der Waals surface area contributed by atoms with Crippen molar-refractivity contribution >= 4 is 11.6 Å². The van der Waals surface area contributed by atoms with Gasteiger partial charge >= 0.3 is 0 Å². The lowest BCUT2D eigenvalue weighted by Crippen LogP contribution is -2.41. The second-order valence-corrected chi connectivity index (χ2v) is 4.97. The van der Waals surface area contributed by atoms with E-state index in [1.165, 1.54) is 0 Å². The van der Waals surface area contributed by atoms with Crippen LogP contribution in [-0.2, 0) is 9.53 Å². The first-order chi connectivity index (χ1) is 9.55. The van der Waals surface area contributed by atoms with Gasteiger partial charge in [0.1, 0.15) is 11.4 Å². The van der Waals surface area contributed by atoms with E-state index in [9.17, 15) is 4.79 Å². The van der Waals surface area contributed by atoms with Gasteiger partial charge in [0.05, 0.1) is 6.61 Å². The monoisotopic (exact) mass is 279 g/mol. The molecular formula is C16H25NO3. The Hall–Kier alpha value is -1.55. The van der Waals surface area contributed by atoms with E-state index in [0.717, 1.165) is 30.9 Å². The molecule has 1 aromatic rings. The van der Waals surface area contributed by atoms with Crippen molar-refractivity contribution in [2.45, 2.75) is 45.6 Å². The van der Waals surface area contributed by atoms with E-state index in [1.54, 1.807) is 14.0 Å². The van der Waals surface area contributed by atoms with Crippen molar-refractivity contribution in [1.29, 1.82) is 0 Å². The van der Waals surface area contributed by atoms with Crippen LogP contribution in [-0.4, -0.2) is 25.2 Å². The Labute approximate surface area is 121 Å². The van der Waals surface area contributed by atoms with Gasteiger partial charge in [-0.25, -0.2) is 0 Å². The molecule has 4 heteroatoms. The molecule has 112 valence electrons. The van der Waals surface area contributed by atoms with Gasteiger partial charge in [-0.15, -0.1) is 0 Å². The van der Waals surface area contributed by atoms with E-state index in [0.29, 0.717) is 6.42 Å². The third-order valence-electron chi connectivity index (χ3n) is 3.48. The molecule has 0 aliphatic carbocycles. The molecule has 0 aliphatic heterocycles. The van der Waals surface area contributed by atoms with E-state index in [2.05, 4.69) is 12.2 Å². The van der Waals surface area contributed by atoms with Gasteiger partial charge in [-0.05, 0) is 44.0 Å². The molecule has 20 heavy (non-hydrogen) atoms. The normalized spacial score (nSPS) is 13.6. The number of ether oxygens (including phenoxy) is 2. The summed E-state index contributed by atoms with van der Waals surface area (Å²) in [5.74, 6) is 0.684. The molecule has 0 unspecified atom stereocenters. The molecule has 4 nitrogen and oxygen atoms in total. The Bertz CT molecular complexity index is 410. The van der Waals surface area contributed by atoms with Crippen LogP contribution in [0.5, 0.6) is 5.75 Å². The van der Waals surface area contributed by atoms with Crippen LogP contribution in [0.4, 0.5) is 5.69 Å². The Morgan fingerprint density at radius 3 is 2.40 bits per heavy atom. The maximum atomic E-state index is 12.1. The summed E-state index contributed by atoms with van der Waals surface area (Å²) in [6, 6.07) is 7.40. The van der Waals surface area contributed by atoms with Crippen LogP contribution in [0.3, 0.4) is 0 Å². The van der Waals surface area contributed by atoms with Crippen molar-refractivity contribution in [3.05, 3.63) is 24.3 Å². The summed E-state index contributed by atoms with van der Waals surface area (Å²) in [4.78, 5) is 12.1. The van der Waals surface area contributed by atoms with Crippen LogP contribution in [0.1, 0.15) is 40.0 Å². The molecule has 0 radical (unpaired) electrons. The summed E-state index contributed by atoms with van der Waals surface area (Å²) in [6.07, 6.45) is 2.77. The first kappa shape index (κ1) is 16.5. The number of carbonyl (C=O) groups is 1. The van der Waals surface area contributed by atoms with Gasteiger partial charge in [-0.3, -0.25) is 4.79 Å². The van der Waals surface area contributed by atoms with Crippen molar-refractivity contribution in [3.8, 4) is 5.75 Å². The molecule has 0 heterocycles. The third-order valence-corrected chi connectivity index (χ3v) is 3.48. The molecule has 1 atom stereocenters. The number of amides is 1. The van der Waals surface area contributed by atoms with E-state index in [1.807, 2.05) is 31.2 Å².